The summed E-state index contributed by atoms with van der Waals surface area (Å²) in [5, 5.41) is 0. The van der Waals surface area contributed by atoms with Crippen molar-refractivity contribution in [1.82, 2.24) is 0 Å². The molecule has 0 atom stereocenters. The number of ether oxygens (including phenoxy) is 2. The first-order chi connectivity index (χ1) is 9.81. The Balaban J connectivity index is 2.24. The summed E-state index contributed by atoms with van der Waals surface area (Å²) in [6, 6.07) is 5.86. The first-order valence-electron chi connectivity index (χ1n) is 7.81. The van der Waals surface area contributed by atoms with E-state index in [1.165, 1.54) is 38.5 Å². The molecule has 1 aromatic rings. The van der Waals surface area contributed by atoms with Crippen LogP contribution in [0.5, 0.6) is 11.5 Å². The van der Waals surface area contributed by atoms with Crippen LogP contribution in [0.2, 0.25) is 0 Å². The van der Waals surface area contributed by atoms with Crippen LogP contribution in [0, 0.1) is 0 Å². The summed E-state index contributed by atoms with van der Waals surface area (Å²) >= 11 is 0. The summed E-state index contributed by atoms with van der Waals surface area (Å²) in [7, 11) is 1.66. The summed E-state index contributed by atoms with van der Waals surface area (Å²) in [6.45, 7) is 3.52. The van der Waals surface area contributed by atoms with E-state index >= 15 is 0 Å². The molecule has 1 rings (SSSR count). The third-order valence-electron chi connectivity index (χ3n) is 3.47. The predicted molar refractivity (Wildman–Crippen MR) is 84.4 cm³/mol. The van der Waals surface area contributed by atoms with Crippen LogP contribution in [-0.4, -0.2) is 13.7 Å². The van der Waals surface area contributed by atoms with Gasteiger partial charge in [0.25, 0.3) is 0 Å². The molecule has 0 aliphatic carbocycles. The minimum atomic E-state index is 0.526. The highest BCUT2D eigenvalue weighted by atomic mass is 16.5. The molecular weight excluding hydrogens is 250 g/mol. The lowest BCUT2D eigenvalue weighted by Gasteiger charge is -2.11. The predicted octanol–water partition coefficient (Wildman–Crippen LogP) is 4.28. The summed E-state index contributed by atoms with van der Waals surface area (Å²) < 4.78 is 11.1. The van der Waals surface area contributed by atoms with Crippen molar-refractivity contribution in [1.29, 1.82) is 0 Å². The van der Waals surface area contributed by atoms with E-state index in [-0.39, 0.29) is 0 Å². The monoisotopic (exact) mass is 279 g/mol. The van der Waals surface area contributed by atoms with E-state index in [2.05, 4.69) is 6.92 Å². The lowest BCUT2D eigenvalue weighted by atomic mass is 10.1. The van der Waals surface area contributed by atoms with Crippen molar-refractivity contribution < 1.29 is 9.47 Å². The fourth-order valence-electron chi connectivity index (χ4n) is 2.20. The molecule has 2 N–H and O–H groups in total. The molecular formula is C17H29NO2. The third-order valence-corrected chi connectivity index (χ3v) is 3.47. The summed E-state index contributed by atoms with van der Waals surface area (Å²) in [6.07, 6.45) is 9.03. The van der Waals surface area contributed by atoms with Gasteiger partial charge >= 0.3 is 0 Å². The molecule has 1 aromatic carbocycles. The first-order valence-corrected chi connectivity index (χ1v) is 7.81. The van der Waals surface area contributed by atoms with E-state index in [9.17, 15) is 0 Å². The SMILES string of the molecule is CCCCCCCCCOc1cc(CN)ccc1OC. The van der Waals surface area contributed by atoms with E-state index < -0.39 is 0 Å². The van der Waals surface area contributed by atoms with Gasteiger partial charge in [0.15, 0.2) is 11.5 Å². The van der Waals surface area contributed by atoms with Gasteiger partial charge in [0, 0.05) is 6.54 Å². The van der Waals surface area contributed by atoms with Crippen LogP contribution in [-0.2, 0) is 6.54 Å². The molecule has 0 aromatic heterocycles. The first kappa shape index (κ1) is 16.8. The van der Waals surface area contributed by atoms with Crippen molar-refractivity contribution in [2.75, 3.05) is 13.7 Å². The molecule has 3 nitrogen and oxygen atoms in total. The Hall–Kier alpha value is -1.22. The highest BCUT2D eigenvalue weighted by Crippen LogP contribution is 2.28. The molecule has 3 heteroatoms. The molecule has 0 aliphatic heterocycles. The minimum Gasteiger partial charge on any atom is -0.493 e. The fraction of sp³-hybridized carbons (Fsp3) is 0.647. The molecule has 0 spiro atoms. The fourth-order valence-corrected chi connectivity index (χ4v) is 2.20. The zero-order valence-corrected chi connectivity index (χ0v) is 13.0. The van der Waals surface area contributed by atoms with Crippen molar-refractivity contribution in [3.63, 3.8) is 0 Å². The Morgan fingerprint density at radius 2 is 1.65 bits per heavy atom. The van der Waals surface area contributed by atoms with Crippen LogP contribution in [0.3, 0.4) is 0 Å². The smallest absolute Gasteiger partial charge is 0.161 e. The molecule has 0 unspecified atom stereocenters. The maximum Gasteiger partial charge on any atom is 0.161 e. The molecule has 0 bridgehead atoms. The number of hydrogen-bond donors (Lipinski definition) is 1. The van der Waals surface area contributed by atoms with Crippen LogP contribution >= 0.6 is 0 Å². The molecule has 0 saturated carbocycles. The van der Waals surface area contributed by atoms with Gasteiger partial charge in [0.05, 0.1) is 13.7 Å². The van der Waals surface area contributed by atoms with Gasteiger partial charge in [0.2, 0.25) is 0 Å². The Kier molecular flexibility index (Phi) is 8.88. The van der Waals surface area contributed by atoms with Gasteiger partial charge in [0.1, 0.15) is 0 Å². The van der Waals surface area contributed by atoms with Gasteiger partial charge in [-0.15, -0.1) is 0 Å². The van der Waals surface area contributed by atoms with Crippen molar-refractivity contribution in [3.05, 3.63) is 23.8 Å². The van der Waals surface area contributed by atoms with Gasteiger partial charge in [-0.05, 0) is 24.1 Å². The van der Waals surface area contributed by atoms with Gasteiger partial charge in [-0.1, -0.05) is 51.5 Å². The third kappa shape index (κ3) is 6.29. The summed E-state index contributed by atoms with van der Waals surface area (Å²) in [5.41, 5.74) is 6.72. The van der Waals surface area contributed by atoms with Crippen molar-refractivity contribution >= 4 is 0 Å². The molecule has 0 heterocycles. The number of methoxy groups -OCH3 is 1. The lowest BCUT2D eigenvalue weighted by Crippen LogP contribution is -2.02. The Morgan fingerprint density at radius 1 is 0.950 bits per heavy atom. The highest BCUT2D eigenvalue weighted by molar-refractivity contribution is 5.42. The van der Waals surface area contributed by atoms with Gasteiger partial charge in [-0.2, -0.15) is 0 Å². The van der Waals surface area contributed by atoms with Gasteiger partial charge in [-0.25, -0.2) is 0 Å². The van der Waals surface area contributed by atoms with E-state index in [0.29, 0.717) is 6.54 Å². The van der Waals surface area contributed by atoms with Crippen molar-refractivity contribution in [2.24, 2.45) is 5.73 Å². The van der Waals surface area contributed by atoms with Crippen LogP contribution in [0.15, 0.2) is 18.2 Å². The Morgan fingerprint density at radius 3 is 2.30 bits per heavy atom. The van der Waals surface area contributed by atoms with Crippen LogP contribution in [0.4, 0.5) is 0 Å². The van der Waals surface area contributed by atoms with E-state index in [4.69, 9.17) is 15.2 Å². The second-order valence-electron chi connectivity index (χ2n) is 5.16. The average Bonchev–Trinajstić information content (AvgIpc) is 2.49. The number of benzene rings is 1. The second-order valence-corrected chi connectivity index (χ2v) is 5.16. The second kappa shape index (κ2) is 10.6. The van der Waals surface area contributed by atoms with Crippen LogP contribution in [0.1, 0.15) is 57.4 Å². The minimum absolute atomic E-state index is 0.526. The number of unbranched alkanes of at least 4 members (excludes halogenated alkanes) is 6. The zero-order chi connectivity index (χ0) is 14.6. The van der Waals surface area contributed by atoms with Gasteiger partial charge in [-0.3, -0.25) is 0 Å². The maximum absolute atomic E-state index is 5.82. The normalized spacial score (nSPS) is 10.6. The van der Waals surface area contributed by atoms with Crippen LogP contribution in [0.25, 0.3) is 0 Å². The lowest BCUT2D eigenvalue weighted by molar-refractivity contribution is 0.284. The van der Waals surface area contributed by atoms with E-state index in [1.54, 1.807) is 7.11 Å². The Bertz CT molecular complexity index is 366. The maximum atomic E-state index is 5.82. The quantitative estimate of drug-likeness (QED) is 0.615. The summed E-state index contributed by atoms with van der Waals surface area (Å²) in [5.74, 6) is 1.59. The van der Waals surface area contributed by atoms with Crippen molar-refractivity contribution in [2.45, 2.75) is 58.4 Å². The van der Waals surface area contributed by atoms with E-state index in [1.807, 2.05) is 18.2 Å². The van der Waals surface area contributed by atoms with Crippen LogP contribution < -0.4 is 15.2 Å². The zero-order valence-electron chi connectivity index (χ0n) is 13.0. The molecule has 0 saturated heterocycles. The summed E-state index contributed by atoms with van der Waals surface area (Å²) in [4.78, 5) is 0. The standard InChI is InChI=1S/C17H29NO2/c1-3-4-5-6-7-8-9-12-20-17-13-15(14-18)10-11-16(17)19-2/h10-11,13H,3-9,12,14,18H2,1-2H3. The molecule has 0 radical (unpaired) electrons. The molecule has 0 aliphatic rings. The number of nitrogens with two attached hydrogens (primary N) is 1. The molecule has 0 fully saturated rings. The molecule has 114 valence electrons. The Labute approximate surface area is 123 Å². The number of hydrogen-bond acceptors (Lipinski definition) is 3. The van der Waals surface area contributed by atoms with Gasteiger partial charge < -0.3 is 15.2 Å². The topological polar surface area (TPSA) is 44.5 Å². The molecule has 20 heavy (non-hydrogen) atoms. The number of rotatable bonds is 11. The molecule has 0 amide bonds. The van der Waals surface area contributed by atoms with E-state index in [0.717, 1.165) is 30.1 Å². The van der Waals surface area contributed by atoms with Crippen molar-refractivity contribution in [3.8, 4) is 11.5 Å². The highest BCUT2D eigenvalue weighted by Gasteiger charge is 2.05. The average molecular weight is 279 g/mol. The largest absolute Gasteiger partial charge is 0.493 e.